The fourth-order valence-corrected chi connectivity index (χ4v) is 2.89. The van der Waals surface area contributed by atoms with Gasteiger partial charge in [-0.3, -0.25) is 0 Å². The standard InChI is InChI=1S/C18H19BFN3O2/c1-17(2)18(3,4)25-19(24-17)15-9-10-21-16-14(15)11-22-23(16)13-7-5-12(20)6-8-13/h5-11H,1-4H3. The number of fused-ring (bicyclic) bond motifs is 1. The van der Waals surface area contributed by atoms with Gasteiger partial charge in [-0.2, -0.15) is 5.10 Å². The van der Waals surface area contributed by atoms with Gasteiger partial charge in [0.2, 0.25) is 0 Å². The Bertz CT molecular complexity index is 921. The van der Waals surface area contributed by atoms with E-state index in [-0.39, 0.29) is 5.82 Å². The van der Waals surface area contributed by atoms with Crippen LogP contribution in [0.25, 0.3) is 16.7 Å². The first-order valence-electron chi connectivity index (χ1n) is 8.23. The molecule has 3 aromatic rings. The Morgan fingerprint density at radius 1 is 1.00 bits per heavy atom. The van der Waals surface area contributed by atoms with Crippen LogP contribution in [0.5, 0.6) is 0 Å². The van der Waals surface area contributed by atoms with Crippen LogP contribution in [-0.2, 0) is 9.31 Å². The van der Waals surface area contributed by atoms with E-state index in [0.29, 0.717) is 5.65 Å². The van der Waals surface area contributed by atoms with Gasteiger partial charge in [-0.25, -0.2) is 14.1 Å². The lowest BCUT2D eigenvalue weighted by Gasteiger charge is -2.32. The molecule has 0 atom stereocenters. The average Bonchev–Trinajstić information content (AvgIpc) is 3.06. The summed E-state index contributed by atoms with van der Waals surface area (Å²) in [5.41, 5.74) is 1.48. The number of hydrogen-bond acceptors (Lipinski definition) is 4. The molecule has 3 heterocycles. The van der Waals surface area contributed by atoms with Crippen molar-refractivity contribution in [3.8, 4) is 5.69 Å². The molecular weight excluding hydrogens is 320 g/mol. The Morgan fingerprint density at radius 3 is 2.28 bits per heavy atom. The molecule has 0 N–H and O–H groups in total. The highest BCUT2D eigenvalue weighted by atomic mass is 19.1. The fraction of sp³-hybridized carbons (Fsp3) is 0.333. The molecule has 0 saturated carbocycles. The highest BCUT2D eigenvalue weighted by Gasteiger charge is 2.52. The zero-order valence-electron chi connectivity index (χ0n) is 14.7. The molecule has 4 rings (SSSR count). The van der Waals surface area contributed by atoms with E-state index < -0.39 is 18.3 Å². The lowest BCUT2D eigenvalue weighted by atomic mass is 9.78. The van der Waals surface area contributed by atoms with Crippen LogP contribution in [0.15, 0.2) is 42.7 Å². The molecule has 2 aromatic heterocycles. The van der Waals surface area contributed by atoms with Crippen LogP contribution in [0.1, 0.15) is 27.7 Å². The molecule has 5 nitrogen and oxygen atoms in total. The number of halogens is 1. The molecular formula is C18H19BFN3O2. The van der Waals surface area contributed by atoms with Crippen LogP contribution in [0.2, 0.25) is 0 Å². The zero-order valence-corrected chi connectivity index (χ0v) is 14.7. The summed E-state index contributed by atoms with van der Waals surface area (Å²) in [6.45, 7) is 8.08. The minimum absolute atomic E-state index is 0.286. The SMILES string of the molecule is CC1(C)OB(c2ccnc3c2cnn3-c2ccc(F)cc2)OC1(C)C. The molecule has 7 heteroatoms. The van der Waals surface area contributed by atoms with Crippen molar-refractivity contribution in [1.82, 2.24) is 14.8 Å². The highest BCUT2D eigenvalue weighted by molar-refractivity contribution is 6.65. The van der Waals surface area contributed by atoms with E-state index in [1.165, 1.54) is 12.1 Å². The molecule has 0 bridgehead atoms. The summed E-state index contributed by atoms with van der Waals surface area (Å²) in [6.07, 6.45) is 3.45. The summed E-state index contributed by atoms with van der Waals surface area (Å²) in [6, 6.07) is 8.04. The topological polar surface area (TPSA) is 49.2 Å². The van der Waals surface area contributed by atoms with Crippen molar-refractivity contribution >= 4 is 23.6 Å². The van der Waals surface area contributed by atoms with Crippen molar-refractivity contribution in [2.75, 3.05) is 0 Å². The minimum atomic E-state index is -0.485. The Labute approximate surface area is 145 Å². The Morgan fingerprint density at radius 2 is 1.64 bits per heavy atom. The second-order valence-electron chi connectivity index (χ2n) is 7.26. The second-order valence-corrected chi connectivity index (χ2v) is 7.26. The van der Waals surface area contributed by atoms with Gasteiger partial charge < -0.3 is 9.31 Å². The van der Waals surface area contributed by atoms with Gasteiger partial charge in [-0.05, 0) is 63.5 Å². The molecule has 1 saturated heterocycles. The van der Waals surface area contributed by atoms with Crippen molar-refractivity contribution < 1.29 is 13.7 Å². The molecule has 1 aliphatic heterocycles. The van der Waals surface area contributed by atoms with Gasteiger partial charge in [0.1, 0.15) is 5.82 Å². The Hall–Kier alpha value is -2.25. The molecule has 1 aliphatic rings. The van der Waals surface area contributed by atoms with E-state index in [4.69, 9.17) is 9.31 Å². The highest BCUT2D eigenvalue weighted by Crippen LogP contribution is 2.37. The largest absolute Gasteiger partial charge is 0.495 e. The predicted molar refractivity (Wildman–Crippen MR) is 94.5 cm³/mol. The summed E-state index contributed by atoms with van der Waals surface area (Å²) >= 11 is 0. The summed E-state index contributed by atoms with van der Waals surface area (Å²) in [5.74, 6) is -0.286. The molecule has 0 radical (unpaired) electrons. The monoisotopic (exact) mass is 339 g/mol. The van der Waals surface area contributed by atoms with Crippen molar-refractivity contribution in [1.29, 1.82) is 0 Å². The van der Waals surface area contributed by atoms with Crippen LogP contribution < -0.4 is 5.46 Å². The Balaban J connectivity index is 1.79. The first kappa shape index (κ1) is 16.2. The predicted octanol–water partition coefficient (Wildman–Crippen LogP) is 2.86. The number of hydrogen-bond donors (Lipinski definition) is 0. The van der Waals surface area contributed by atoms with Gasteiger partial charge in [0.05, 0.1) is 23.1 Å². The van der Waals surface area contributed by atoms with Crippen LogP contribution in [0.4, 0.5) is 4.39 Å². The van der Waals surface area contributed by atoms with E-state index in [1.807, 2.05) is 33.8 Å². The lowest BCUT2D eigenvalue weighted by molar-refractivity contribution is 0.00578. The lowest BCUT2D eigenvalue weighted by Crippen LogP contribution is -2.41. The maximum atomic E-state index is 13.2. The third-order valence-corrected chi connectivity index (χ3v) is 5.08. The van der Waals surface area contributed by atoms with E-state index >= 15 is 0 Å². The number of rotatable bonds is 2. The maximum absolute atomic E-state index is 13.2. The first-order valence-corrected chi connectivity index (χ1v) is 8.23. The van der Waals surface area contributed by atoms with Gasteiger partial charge in [0.15, 0.2) is 5.65 Å². The van der Waals surface area contributed by atoms with Crippen molar-refractivity contribution in [2.24, 2.45) is 0 Å². The van der Waals surface area contributed by atoms with E-state index in [9.17, 15) is 4.39 Å². The fourth-order valence-electron chi connectivity index (χ4n) is 2.89. The summed E-state index contributed by atoms with van der Waals surface area (Å²) in [4.78, 5) is 4.44. The van der Waals surface area contributed by atoms with Gasteiger partial charge in [0.25, 0.3) is 0 Å². The van der Waals surface area contributed by atoms with Gasteiger partial charge in [-0.1, -0.05) is 0 Å². The quantitative estimate of drug-likeness (QED) is 0.674. The van der Waals surface area contributed by atoms with Crippen molar-refractivity contribution in [3.63, 3.8) is 0 Å². The van der Waals surface area contributed by atoms with Gasteiger partial charge in [-0.15, -0.1) is 0 Å². The number of aromatic nitrogens is 3. The average molecular weight is 339 g/mol. The van der Waals surface area contributed by atoms with Crippen LogP contribution in [0.3, 0.4) is 0 Å². The van der Waals surface area contributed by atoms with Gasteiger partial charge in [0, 0.05) is 11.6 Å². The normalized spacial score (nSPS) is 18.8. The first-order chi connectivity index (χ1) is 11.8. The zero-order chi connectivity index (χ0) is 17.8. The minimum Gasteiger partial charge on any atom is -0.399 e. The van der Waals surface area contributed by atoms with Crippen LogP contribution in [0, 0.1) is 5.82 Å². The molecule has 0 aliphatic carbocycles. The van der Waals surface area contributed by atoms with E-state index in [0.717, 1.165) is 16.5 Å². The molecule has 128 valence electrons. The summed E-state index contributed by atoms with van der Waals surface area (Å²) < 4.78 is 27.2. The molecule has 25 heavy (non-hydrogen) atoms. The molecule has 1 fully saturated rings. The van der Waals surface area contributed by atoms with E-state index in [2.05, 4.69) is 10.1 Å². The summed E-state index contributed by atoms with van der Waals surface area (Å²) in [5, 5.41) is 5.27. The number of pyridine rings is 1. The van der Waals surface area contributed by atoms with Crippen LogP contribution >= 0.6 is 0 Å². The molecule has 0 unspecified atom stereocenters. The van der Waals surface area contributed by atoms with E-state index in [1.54, 1.807) is 29.2 Å². The third-order valence-electron chi connectivity index (χ3n) is 5.08. The smallest absolute Gasteiger partial charge is 0.399 e. The van der Waals surface area contributed by atoms with Crippen molar-refractivity contribution in [2.45, 2.75) is 38.9 Å². The van der Waals surface area contributed by atoms with Crippen LogP contribution in [-0.4, -0.2) is 33.1 Å². The maximum Gasteiger partial charge on any atom is 0.495 e. The molecule has 0 spiro atoms. The molecule has 0 amide bonds. The number of benzene rings is 1. The third kappa shape index (κ3) is 2.55. The second kappa shape index (κ2) is 5.38. The molecule has 1 aromatic carbocycles. The Kier molecular flexibility index (Phi) is 3.49. The summed E-state index contributed by atoms with van der Waals surface area (Å²) in [7, 11) is -0.485. The van der Waals surface area contributed by atoms with Crippen molar-refractivity contribution in [3.05, 3.63) is 48.5 Å². The number of nitrogens with zero attached hydrogens (tertiary/aromatic N) is 3. The van der Waals surface area contributed by atoms with Gasteiger partial charge >= 0.3 is 7.12 Å².